The van der Waals surface area contributed by atoms with Gasteiger partial charge in [0.25, 0.3) is 0 Å². The molecular weight excluding hydrogens is 396 g/mol. The highest BCUT2D eigenvalue weighted by atomic mass is 16.4. The smallest absolute Gasteiger partial charge is 0.303 e. The summed E-state index contributed by atoms with van der Waals surface area (Å²) in [6.45, 7) is 2.29. The van der Waals surface area contributed by atoms with Gasteiger partial charge in [-0.2, -0.15) is 0 Å². The molecule has 2 N–H and O–H groups in total. The van der Waals surface area contributed by atoms with E-state index in [1.54, 1.807) is 0 Å². The molecule has 32 heavy (non-hydrogen) atoms. The van der Waals surface area contributed by atoms with Gasteiger partial charge < -0.3 is 10.2 Å². The lowest BCUT2D eigenvalue weighted by molar-refractivity contribution is -0.137. The third-order valence-corrected chi connectivity index (χ3v) is 6.82. The molecule has 0 saturated heterocycles. The lowest BCUT2D eigenvalue weighted by Gasteiger charge is -2.10. The monoisotopic (exact) mass is 454 g/mol. The number of hydrogen-bond acceptors (Lipinski definition) is 2. The predicted molar refractivity (Wildman–Crippen MR) is 139 cm³/mol. The molecule has 0 bridgehead atoms. The molecule has 1 atom stereocenters. The Kier molecular flexibility index (Phi) is 26.2. The van der Waals surface area contributed by atoms with Crippen molar-refractivity contribution in [1.82, 2.24) is 0 Å². The molecule has 0 heterocycles. The zero-order valence-corrected chi connectivity index (χ0v) is 21.8. The van der Waals surface area contributed by atoms with Crippen LogP contribution in [0.15, 0.2) is 0 Å². The standard InChI is InChI=1S/C29H58O3/c1-2-3-4-5-6-7-8-9-10-11-12-13-14-15-16-17-18-19-20-22-25-28(30)26-23-21-24-27-29(31)32/h28,30H,2-27H2,1H3,(H,31,32). The zero-order chi connectivity index (χ0) is 23.5. The second kappa shape index (κ2) is 26.7. The lowest BCUT2D eigenvalue weighted by Crippen LogP contribution is -2.06. The number of aliphatic hydroxyl groups excluding tert-OH is 1. The Balaban J connectivity index is 3.11. The number of hydrogen-bond donors (Lipinski definition) is 2. The highest BCUT2D eigenvalue weighted by Gasteiger charge is 2.04. The zero-order valence-electron chi connectivity index (χ0n) is 21.8. The Bertz CT molecular complexity index is 369. The highest BCUT2D eigenvalue weighted by molar-refractivity contribution is 5.66. The lowest BCUT2D eigenvalue weighted by atomic mass is 10.0. The van der Waals surface area contributed by atoms with Crippen LogP contribution in [-0.2, 0) is 4.79 Å². The van der Waals surface area contributed by atoms with Crippen LogP contribution >= 0.6 is 0 Å². The maximum atomic E-state index is 10.5. The van der Waals surface area contributed by atoms with Crippen molar-refractivity contribution >= 4 is 5.97 Å². The minimum absolute atomic E-state index is 0.185. The number of aliphatic hydroxyl groups is 1. The van der Waals surface area contributed by atoms with Crippen LogP contribution in [0.25, 0.3) is 0 Å². The van der Waals surface area contributed by atoms with Crippen molar-refractivity contribution < 1.29 is 15.0 Å². The van der Waals surface area contributed by atoms with Gasteiger partial charge in [0.1, 0.15) is 0 Å². The molecule has 3 heteroatoms. The summed E-state index contributed by atoms with van der Waals surface area (Å²) in [6, 6.07) is 0. The van der Waals surface area contributed by atoms with Gasteiger partial charge in [0.2, 0.25) is 0 Å². The van der Waals surface area contributed by atoms with Crippen LogP contribution in [0.3, 0.4) is 0 Å². The molecule has 0 radical (unpaired) electrons. The summed E-state index contributed by atoms with van der Waals surface area (Å²) in [4.78, 5) is 10.5. The molecule has 0 saturated carbocycles. The molecule has 0 rings (SSSR count). The summed E-state index contributed by atoms with van der Waals surface area (Å²) in [7, 11) is 0. The fourth-order valence-corrected chi connectivity index (χ4v) is 4.61. The second-order valence-electron chi connectivity index (χ2n) is 10.2. The summed E-state index contributed by atoms with van der Waals surface area (Å²) in [5.74, 6) is -0.713. The molecule has 0 aromatic heterocycles. The van der Waals surface area contributed by atoms with Gasteiger partial charge in [0, 0.05) is 6.42 Å². The van der Waals surface area contributed by atoms with E-state index >= 15 is 0 Å². The third-order valence-electron chi connectivity index (χ3n) is 6.82. The molecular formula is C29H58O3. The molecule has 0 spiro atoms. The van der Waals surface area contributed by atoms with Crippen LogP contribution in [-0.4, -0.2) is 22.3 Å². The Hall–Kier alpha value is -0.570. The van der Waals surface area contributed by atoms with Gasteiger partial charge in [-0.05, 0) is 19.3 Å². The van der Waals surface area contributed by atoms with E-state index in [-0.39, 0.29) is 12.5 Å². The van der Waals surface area contributed by atoms with E-state index in [1.165, 1.54) is 122 Å². The first-order chi connectivity index (χ1) is 15.7. The van der Waals surface area contributed by atoms with Crippen molar-refractivity contribution in [2.24, 2.45) is 0 Å². The molecule has 3 nitrogen and oxygen atoms in total. The van der Waals surface area contributed by atoms with Gasteiger partial charge in [0.15, 0.2) is 0 Å². The van der Waals surface area contributed by atoms with Crippen molar-refractivity contribution in [2.45, 2.75) is 180 Å². The van der Waals surface area contributed by atoms with Gasteiger partial charge in [-0.1, -0.05) is 148 Å². The molecule has 1 unspecified atom stereocenters. The van der Waals surface area contributed by atoms with Crippen LogP contribution in [0, 0.1) is 0 Å². The fourth-order valence-electron chi connectivity index (χ4n) is 4.61. The van der Waals surface area contributed by atoms with E-state index in [0.29, 0.717) is 0 Å². The minimum atomic E-state index is -0.713. The molecule has 0 aliphatic heterocycles. The van der Waals surface area contributed by atoms with Crippen LogP contribution in [0.4, 0.5) is 0 Å². The van der Waals surface area contributed by atoms with Crippen LogP contribution in [0.1, 0.15) is 174 Å². The normalized spacial score (nSPS) is 12.3. The van der Waals surface area contributed by atoms with Crippen LogP contribution < -0.4 is 0 Å². The van der Waals surface area contributed by atoms with E-state index in [0.717, 1.165) is 38.5 Å². The van der Waals surface area contributed by atoms with Crippen LogP contribution in [0.2, 0.25) is 0 Å². The average Bonchev–Trinajstić information content (AvgIpc) is 2.77. The number of carboxylic acid groups (broad SMARTS) is 1. The topological polar surface area (TPSA) is 57.5 Å². The first-order valence-electron chi connectivity index (χ1n) is 14.6. The maximum Gasteiger partial charge on any atom is 0.303 e. The highest BCUT2D eigenvalue weighted by Crippen LogP contribution is 2.16. The van der Waals surface area contributed by atoms with E-state index in [9.17, 15) is 9.90 Å². The molecule has 0 fully saturated rings. The molecule has 0 aromatic carbocycles. The molecule has 192 valence electrons. The van der Waals surface area contributed by atoms with Crippen LogP contribution in [0.5, 0.6) is 0 Å². The Morgan fingerprint density at radius 1 is 0.500 bits per heavy atom. The van der Waals surface area contributed by atoms with Gasteiger partial charge >= 0.3 is 5.97 Å². The quantitative estimate of drug-likeness (QED) is 0.121. The van der Waals surface area contributed by atoms with Crippen molar-refractivity contribution in [3.05, 3.63) is 0 Å². The Morgan fingerprint density at radius 2 is 0.781 bits per heavy atom. The summed E-state index contributed by atoms with van der Waals surface area (Å²) in [5, 5.41) is 18.6. The first-order valence-corrected chi connectivity index (χ1v) is 14.6. The number of carbonyl (C=O) groups is 1. The maximum absolute atomic E-state index is 10.5. The summed E-state index contributed by atoms with van der Waals surface area (Å²) >= 11 is 0. The van der Waals surface area contributed by atoms with Gasteiger partial charge in [-0.25, -0.2) is 0 Å². The van der Waals surface area contributed by atoms with Crippen molar-refractivity contribution in [1.29, 1.82) is 0 Å². The SMILES string of the molecule is CCCCCCCCCCCCCCCCCCCCCCC(O)CCCCCC(=O)O. The number of unbranched alkanes of at least 4 members (excludes halogenated alkanes) is 21. The molecule has 0 amide bonds. The Labute approximate surface area is 201 Å². The second-order valence-corrected chi connectivity index (χ2v) is 10.2. The fraction of sp³-hybridized carbons (Fsp3) is 0.966. The number of rotatable bonds is 27. The Morgan fingerprint density at radius 3 is 1.09 bits per heavy atom. The van der Waals surface area contributed by atoms with Crippen molar-refractivity contribution in [3.63, 3.8) is 0 Å². The predicted octanol–water partition coefficient (Wildman–Crippen LogP) is 9.59. The average molecular weight is 455 g/mol. The van der Waals surface area contributed by atoms with Gasteiger partial charge in [-0.3, -0.25) is 4.79 Å². The summed E-state index contributed by atoms with van der Waals surface area (Å²) in [6.07, 6.45) is 32.4. The van der Waals surface area contributed by atoms with Crippen molar-refractivity contribution in [3.8, 4) is 0 Å². The third kappa shape index (κ3) is 27.5. The van der Waals surface area contributed by atoms with E-state index < -0.39 is 5.97 Å². The van der Waals surface area contributed by atoms with Gasteiger partial charge in [0.05, 0.1) is 6.10 Å². The summed E-state index contributed by atoms with van der Waals surface area (Å²) < 4.78 is 0. The number of aliphatic carboxylic acids is 1. The summed E-state index contributed by atoms with van der Waals surface area (Å²) in [5.41, 5.74) is 0. The molecule has 0 aliphatic carbocycles. The van der Waals surface area contributed by atoms with E-state index in [1.807, 2.05) is 0 Å². The largest absolute Gasteiger partial charge is 0.481 e. The number of carboxylic acids is 1. The van der Waals surface area contributed by atoms with Crippen molar-refractivity contribution in [2.75, 3.05) is 0 Å². The van der Waals surface area contributed by atoms with E-state index in [4.69, 9.17) is 5.11 Å². The molecule has 0 aliphatic rings. The minimum Gasteiger partial charge on any atom is -0.481 e. The first kappa shape index (κ1) is 31.4. The van der Waals surface area contributed by atoms with Gasteiger partial charge in [-0.15, -0.1) is 0 Å². The molecule has 0 aromatic rings. The van der Waals surface area contributed by atoms with E-state index in [2.05, 4.69) is 6.92 Å².